The number of rotatable bonds is 8. The van der Waals surface area contributed by atoms with E-state index in [1.807, 2.05) is 50.5 Å². The van der Waals surface area contributed by atoms with Gasteiger partial charge in [0.15, 0.2) is 0 Å². The van der Waals surface area contributed by atoms with E-state index in [4.69, 9.17) is 26.2 Å². The first-order valence-corrected chi connectivity index (χ1v) is 11.0. The fourth-order valence-electron chi connectivity index (χ4n) is 3.43. The predicted octanol–water partition coefficient (Wildman–Crippen LogP) is 4.90. The number of benzene rings is 2. The van der Waals surface area contributed by atoms with Crippen molar-refractivity contribution in [2.24, 2.45) is 7.05 Å². The summed E-state index contributed by atoms with van der Waals surface area (Å²) in [6.45, 7) is 2.64. The first kappa shape index (κ1) is 23.3. The number of methoxy groups -OCH3 is 1. The van der Waals surface area contributed by atoms with Crippen LogP contribution in [0, 0.1) is 6.92 Å². The van der Waals surface area contributed by atoms with Crippen molar-refractivity contribution in [2.45, 2.75) is 6.92 Å². The molecule has 2 aromatic heterocycles. The lowest BCUT2D eigenvalue weighted by Crippen LogP contribution is -2.22. The van der Waals surface area contributed by atoms with Crippen molar-refractivity contribution < 1.29 is 14.3 Å². The third-order valence-corrected chi connectivity index (χ3v) is 5.31. The number of carbonyl (C=O) groups is 1. The van der Waals surface area contributed by atoms with Gasteiger partial charge >= 0.3 is 6.03 Å². The van der Waals surface area contributed by atoms with Crippen LogP contribution in [-0.2, 0) is 11.8 Å². The predicted molar refractivity (Wildman–Crippen MR) is 132 cm³/mol. The van der Waals surface area contributed by atoms with Crippen molar-refractivity contribution in [3.8, 4) is 22.7 Å². The second-order valence-corrected chi connectivity index (χ2v) is 7.97. The summed E-state index contributed by atoms with van der Waals surface area (Å²) < 4.78 is 14.2. The Kier molecular flexibility index (Phi) is 7.15. The highest BCUT2D eigenvalue weighted by molar-refractivity contribution is 6.30. The molecule has 4 rings (SSSR count). The summed E-state index contributed by atoms with van der Waals surface area (Å²) in [7, 11) is 3.43. The van der Waals surface area contributed by atoms with E-state index >= 15 is 0 Å². The van der Waals surface area contributed by atoms with Crippen molar-refractivity contribution in [3.05, 3.63) is 71.5 Å². The molecule has 0 spiro atoms. The Morgan fingerprint density at radius 3 is 2.62 bits per heavy atom. The maximum absolute atomic E-state index is 13.0. The maximum Gasteiger partial charge on any atom is 0.324 e. The molecule has 34 heavy (non-hydrogen) atoms. The SMILES string of the molecule is COCCOc1cc(Cl)ccc1NC(=O)Nc1c(C)c(-c2cnn(C)c2)nn1-c1ccccc1. The lowest BCUT2D eigenvalue weighted by molar-refractivity contribution is 0.146. The van der Waals surface area contributed by atoms with Crippen molar-refractivity contribution in [1.82, 2.24) is 19.6 Å². The Morgan fingerprint density at radius 2 is 1.91 bits per heavy atom. The Hall–Kier alpha value is -3.82. The van der Waals surface area contributed by atoms with Gasteiger partial charge in [-0.3, -0.25) is 10.00 Å². The van der Waals surface area contributed by atoms with Gasteiger partial charge < -0.3 is 14.8 Å². The number of aromatic nitrogens is 4. The van der Waals surface area contributed by atoms with Crippen LogP contribution in [0.2, 0.25) is 5.02 Å². The molecule has 2 amide bonds. The molecule has 0 fully saturated rings. The minimum absolute atomic E-state index is 0.321. The van der Waals surface area contributed by atoms with Gasteiger partial charge in [-0.15, -0.1) is 0 Å². The van der Waals surface area contributed by atoms with Gasteiger partial charge in [0.25, 0.3) is 0 Å². The van der Waals surface area contributed by atoms with E-state index in [0.29, 0.717) is 35.5 Å². The number of nitrogens with zero attached hydrogens (tertiary/aromatic N) is 4. The fraction of sp³-hybridized carbons (Fsp3) is 0.208. The summed E-state index contributed by atoms with van der Waals surface area (Å²) in [5, 5.41) is 15.3. The number of anilines is 2. The summed E-state index contributed by atoms with van der Waals surface area (Å²) in [4.78, 5) is 13.0. The zero-order valence-electron chi connectivity index (χ0n) is 19.1. The number of urea groups is 1. The first-order chi connectivity index (χ1) is 16.5. The van der Waals surface area contributed by atoms with Crippen molar-refractivity contribution in [3.63, 3.8) is 0 Å². The second-order valence-electron chi connectivity index (χ2n) is 7.53. The summed E-state index contributed by atoms with van der Waals surface area (Å²) in [6.07, 6.45) is 3.62. The molecule has 0 saturated heterocycles. The van der Waals surface area contributed by atoms with Gasteiger partial charge in [0.1, 0.15) is 23.9 Å². The molecule has 2 aromatic carbocycles. The average Bonchev–Trinajstić information content (AvgIpc) is 3.39. The van der Waals surface area contributed by atoms with E-state index in [2.05, 4.69) is 15.7 Å². The number of carbonyl (C=O) groups excluding carboxylic acids is 1. The lowest BCUT2D eigenvalue weighted by atomic mass is 10.1. The normalized spacial score (nSPS) is 10.8. The van der Waals surface area contributed by atoms with Gasteiger partial charge in [0, 0.05) is 42.6 Å². The van der Waals surface area contributed by atoms with Crippen LogP contribution < -0.4 is 15.4 Å². The number of hydrogen-bond donors (Lipinski definition) is 2. The third kappa shape index (κ3) is 5.22. The number of ether oxygens (including phenoxy) is 2. The molecule has 2 N–H and O–H groups in total. The molecule has 4 aromatic rings. The van der Waals surface area contributed by atoms with E-state index in [9.17, 15) is 4.79 Å². The highest BCUT2D eigenvalue weighted by atomic mass is 35.5. The maximum atomic E-state index is 13.0. The quantitative estimate of drug-likeness (QED) is 0.349. The van der Waals surface area contributed by atoms with E-state index in [0.717, 1.165) is 22.5 Å². The van der Waals surface area contributed by atoms with Crippen LogP contribution in [0.3, 0.4) is 0 Å². The standard InChI is InChI=1S/C24H25ClN6O3/c1-16-22(17-14-26-30(2)15-17)29-31(19-7-5-4-6-8-19)23(16)28-24(32)27-20-10-9-18(25)13-21(20)34-12-11-33-3/h4-10,13-15H,11-12H2,1-3H3,(H2,27,28,32). The average molecular weight is 481 g/mol. The van der Waals surface area contributed by atoms with Gasteiger partial charge in [-0.25, -0.2) is 9.48 Å². The number of halogens is 1. The summed E-state index contributed by atoms with van der Waals surface area (Å²) in [6, 6.07) is 14.2. The van der Waals surface area contributed by atoms with Crippen molar-refractivity contribution >= 4 is 29.1 Å². The molecule has 2 heterocycles. The molecule has 10 heteroatoms. The monoisotopic (exact) mass is 480 g/mol. The molecule has 9 nitrogen and oxygen atoms in total. The highest BCUT2D eigenvalue weighted by Gasteiger charge is 2.20. The number of aryl methyl sites for hydroxylation is 1. The topological polar surface area (TPSA) is 95.2 Å². The van der Waals surface area contributed by atoms with Crippen LogP contribution in [0.4, 0.5) is 16.3 Å². The first-order valence-electron chi connectivity index (χ1n) is 10.6. The third-order valence-electron chi connectivity index (χ3n) is 5.07. The van der Waals surface area contributed by atoms with Gasteiger partial charge in [-0.2, -0.15) is 10.2 Å². The molecule has 0 unspecified atom stereocenters. The molecule has 0 saturated carbocycles. The smallest absolute Gasteiger partial charge is 0.324 e. The van der Waals surface area contributed by atoms with Gasteiger partial charge in [0.2, 0.25) is 0 Å². The van der Waals surface area contributed by atoms with Crippen LogP contribution in [0.5, 0.6) is 5.75 Å². The molecule has 0 aliphatic carbocycles. The number of hydrogen-bond acceptors (Lipinski definition) is 5. The zero-order valence-corrected chi connectivity index (χ0v) is 19.8. The Balaban J connectivity index is 1.63. The van der Waals surface area contributed by atoms with Gasteiger partial charge in [-0.1, -0.05) is 29.8 Å². The summed E-state index contributed by atoms with van der Waals surface area (Å²) >= 11 is 6.11. The molecule has 0 aliphatic heterocycles. The minimum atomic E-state index is -0.447. The Labute approximate surface area is 202 Å². The zero-order chi connectivity index (χ0) is 24.1. The summed E-state index contributed by atoms with van der Waals surface area (Å²) in [5.74, 6) is 0.988. The van der Waals surface area contributed by atoms with E-state index < -0.39 is 6.03 Å². The van der Waals surface area contributed by atoms with Crippen LogP contribution in [-0.4, -0.2) is 45.9 Å². The molecule has 176 valence electrons. The minimum Gasteiger partial charge on any atom is -0.489 e. The molecular weight excluding hydrogens is 456 g/mol. The van der Waals surface area contributed by atoms with Crippen LogP contribution in [0.25, 0.3) is 16.9 Å². The molecular formula is C24H25ClN6O3. The van der Waals surface area contributed by atoms with E-state index in [-0.39, 0.29) is 0 Å². The van der Waals surface area contributed by atoms with Crippen molar-refractivity contribution in [1.29, 1.82) is 0 Å². The fourth-order valence-corrected chi connectivity index (χ4v) is 3.59. The molecule has 0 bridgehead atoms. The Bertz CT molecular complexity index is 1290. The lowest BCUT2D eigenvalue weighted by Gasteiger charge is -2.14. The largest absolute Gasteiger partial charge is 0.489 e. The van der Waals surface area contributed by atoms with Crippen LogP contribution in [0.1, 0.15) is 5.56 Å². The number of nitrogens with one attached hydrogen (secondary N) is 2. The summed E-state index contributed by atoms with van der Waals surface area (Å²) in [5.41, 5.74) is 3.67. The highest BCUT2D eigenvalue weighted by Crippen LogP contribution is 2.31. The number of para-hydroxylation sites is 1. The van der Waals surface area contributed by atoms with E-state index in [1.165, 1.54) is 0 Å². The van der Waals surface area contributed by atoms with Gasteiger partial charge in [-0.05, 0) is 31.2 Å². The van der Waals surface area contributed by atoms with Gasteiger partial charge in [0.05, 0.1) is 24.2 Å². The molecule has 0 aliphatic rings. The second kappa shape index (κ2) is 10.4. The van der Waals surface area contributed by atoms with Crippen molar-refractivity contribution in [2.75, 3.05) is 31.0 Å². The van der Waals surface area contributed by atoms with Crippen LogP contribution >= 0.6 is 11.6 Å². The molecule has 0 atom stereocenters. The molecule has 0 radical (unpaired) electrons. The number of amides is 2. The van der Waals surface area contributed by atoms with Crippen LogP contribution in [0.15, 0.2) is 60.9 Å². The Morgan fingerprint density at radius 1 is 1.12 bits per heavy atom. The van der Waals surface area contributed by atoms with E-state index in [1.54, 1.807) is 40.9 Å².